The van der Waals surface area contributed by atoms with Crippen LogP contribution in [0.3, 0.4) is 0 Å². The van der Waals surface area contributed by atoms with Crippen LogP contribution in [0, 0.1) is 6.92 Å². The Kier molecular flexibility index (Phi) is 3.40. The summed E-state index contributed by atoms with van der Waals surface area (Å²) in [5.74, 6) is 0.485. The Bertz CT molecular complexity index is 605. The van der Waals surface area contributed by atoms with Gasteiger partial charge in [0.1, 0.15) is 5.75 Å². The second-order valence-corrected chi connectivity index (χ2v) is 4.01. The van der Waals surface area contributed by atoms with Crippen LogP contribution in [-0.4, -0.2) is 21.3 Å². The molecule has 7 heteroatoms. The second-order valence-electron chi connectivity index (χ2n) is 4.01. The number of aliphatic hydroxyl groups excluding tert-OH is 1. The van der Waals surface area contributed by atoms with Crippen LogP contribution in [0.5, 0.6) is 5.75 Å². The second kappa shape index (κ2) is 4.73. The zero-order chi connectivity index (χ0) is 14.2. The maximum absolute atomic E-state index is 12.8. The molecule has 0 atom stereocenters. The highest BCUT2D eigenvalue weighted by molar-refractivity contribution is 5.66. The summed E-state index contributed by atoms with van der Waals surface area (Å²) in [5, 5.41) is 12.7. The number of alkyl halides is 3. The molecule has 2 aromatic heterocycles. The van der Waals surface area contributed by atoms with Gasteiger partial charge in [-0.1, -0.05) is 0 Å². The van der Waals surface area contributed by atoms with Crippen molar-refractivity contribution >= 4 is 5.52 Å². The normalized spacial score (nSPS) is 12.1. The Morgan fingerprint density at radius 2 is 2.11 bits per heavy atom. The standard InChI is InChI=1S/C12H13F3N2O2/c1-3-19-9-4-5-17-10(7(9)2)8(6-18)11(16-17)12(13,14)15/h4-5,18H,3,6H2,1-2H3. The predicted octanol–water partition coefficient (Wildman–Crippen LogP) is 2.55. The van der Waals surface area contributed by atoms with E-state index in [1.54, 1.807) is 19.9 Å². The number of hydrogen-bond donors (Lipinski definition) is 1. The summed E-state index contributed by atoms with van der Waals surface area (Å²) in [6, 6.07) is 1.56. The maximum atomic E-state index is 12.8. The van der Waals surface area contributed by atoms with Crippen molar-refractivity contribution in [2.24, 2.45) is 0 Å². The molecule has 0 spiro atoms. The zero-order valence-electron chi connectivity index (χ0n) is 10.5. The van der Waals surface area contributed by atoms with E-state index in [0.717, 1.165) is 4.52 Å². The number of nitrogens with zero attached hydrogens (tertiary/aromatic N) is 2. The molecule has 0 unspecified atom stereocenters. The minimum Gasteiger partial charge on any atom is -0.493 e. The molecule has 0 saturated carbocycles. The summed E-state index contributed by atoms with van der Waals surface area (Å²) in [7, 11) is 0. The van der Waals surface area contributed by atoms with Gasteiger partial charge >= 0.3 is 6.18 Å². The number of aryl methyl sites for hydroxylation is 1. The van der Waals surface area contributed by atoms with Crippen LogP contribution in [0.1, 0.15) is 23.7 Å². The van der Waals surface area contributed by atoms with Crippen molar-refractivity contribution in [3.63, 3.8) is 0 Å². The molecule has 0 aliphatic heterocycles. The van der Waals surface area contributed by atoms with Gasteiger partial charge in [0.15, 0.2) is 5.69 Å². The average Bonchev–Trinajstić information content (AvgIpc) is 2.72. The van der Waals surface area contributed by atoms with Gasteiger partial charge in [-0.3, -0.25) is 0 Å². The lowest BCUT2D eigenvalue weighted by Crippen LogP contribution is -2.09. The van der Waals surface area contributed by atoms with E-state index in [1.807, 2.05) is 0 Å². The van der Waals surface area contributed by atoms with Crippen LogP contribution in [0.4, 0.5) is 13.2 Å². The van der Waals surface area contributed by atoms with Crippen molar-refractivity contribution < 1.29 is 23.0 Å². The Hall–Kier alpha value is -1.76. The number of pyridine rings is 1. The van der Waals surface area contributed by atoms with E-state index in [0.29, 0.717) is 17.9 Å². The van der Waals surface area contributed by atoms with Crippen molar-refractivity contribution in [3.8, 4) is 5.75 Å². The molecule has 4 nitrogen and oxygen atoms in total. The molecule has 2 rings (SSSR count). The van der Waals surface area contributed by atoms with Gasteiger partial charge < -0.3 is 9.84 Å². The highest BCUT2D eigenvalue weighted by Crippen LogP contribution is 2.35. The summed E-state index contributed by atoms with van der Waals surface area (Å²) < 4.78 is 45.0. The quantitative estimate of drug-likeness (QED) is 0.935. The van der Waals surface area contributed by atoms with E-state index >= 15 is 0 Å². The SMILES string of the molecule is CCOc1ccn2nc(C(F)(F)F)c(CO)c2c1C. The molecule has 104 valence electrons. The molecule has 0 aliphatic carbocycles. The van der Waals surface area contributed by atoms with Crippen LogP contribution in [-0.2, 0) is 12.8 Å². The maximum Gasteiger partial charge on any atom is 0.435 e. The molecule has 1 N–H and O–H groups in total. The largest absolute Gasteiger partial charge is 0.493 e. The first-order valence-corrected chi connectivity index (χ1v) is 5.71. The van der Waals surface area contributed by atoms with Crippen LogP contribution >= 0.6 is 0 Å². The summed E-state index contributed by atoms with van der Waals surface area (Å²) in [5.41, 5.74) is -0.532. The van der Waals surface area contributed by atoms with Crippen molar-refractivity contribution in [1.82, 2.24) is 9.61 Å². The third kappa shape index (κ3) is 2.25. The van der Waals surface area contributed by atoms with Gasteiger partial charge in [-0.15, -0.1) is 0 Å². The highest BCUT2D eigenvalue weighted by Gasteiger charge is 2.38. The Balaban J connectivity index is 2.75. The van der Waals surface area contributed by atoms with Crippen molar-refractivity contribution in [3.05, 3.63) is 29.1 Å². The third-order valence-electron chi connectivity index (χ3n) is 2.83. The smallest absolute Gasteiger partial charge is 0.435 e. The van der Waals surface area contributed by atoms with Gasteiger partial charge in [0.05, 0.1) is 18.7 Å². The van der Waals surface area contributed by atoms with Crippen LogP contribution in [0.15, 0.2) is 12.3 Å². The number of halogens is 3. The molecule has 0 saturated heterocycles. The lowest BCUT2D eigenvalue weighted by atomic mass is 10.1. The van der Waals surface area contributed by atoms with Crippen LogP contribution in [0.2, 0.25) is 0 Å². The van der Waals surface area contributed by atoms with Gasteiger partial charge in [-0.05, 0) is 19.9 Å². The molecular formula is C12H13F3N2O2. The van der Waals surface area contributed by atoms with E-state index in [4.69, 9.17) is 4.74 Å². The Morgan fingerprint density at radius 3 is 2.63 bits per heavy atom. The first kappa shape index (κ1) is 13.7. The average molecular weight is 274 g/mol. The number of aliphatic hydroxyl groups is 1. The molecule has 0 amide bonds. The van der Waals surface area contributed by atoms with Crippen molar-refractivity contribution in [1.29, 1.82) is 0 Å². The predicted molar refractivity (Wildman–Crippen MR) is 62.0 cm³/mol. The first-order chi connectivity index (χ1) is 8.90. The molecule has 0 bridgehead atoms. The van der Waals surface area contributed by atoms with Crippen molar-refractivity contribution in [2.75, 3.05) is 6.61 Å². The first-order valence-electron chi connectivity index (χ1n) is 5.71. The van der Waals surface area contributed by atoms with Crippen LogP contribution < -0.4 is 4.74 Å². The third-order valence-corrected chi connectivity index (χ3v) is 2.83. The van der Waals surface area contributed by atoms with Gasteiger partial charge in [0.2, 0.25) is 0 Å². The van der Waals surface area contributed by atoms with Gasteiger partial charge in [-0.2, -0.15) is 18.3 Å². The van der Waals surface area contributed by atoms with E-state index in [9.17, 15) is 18.3 Å². The Labute approximate surface area is 107 Å². The molecule has 0 radical (unpaired) electrons. The molecule has 2 aromatic rings. The van der Waals surface area contributed by atoms with E-state index < -0.39 is 18.5 Å². The van der Waals surface area contributed by atoms with Gasteiger partial charge in [-0.25, -0.2) is 4.52 Å². The number of rotatable bonds is 3. The number of ether oxygens (including phenoxy) is 1. The minimum absolute atomic E-state index is 0.230. The molecule has 0 aliphatic rings. The summed E-state index contributed by atoms with van der Waals surface area (Å²) in [4.78, 5) is 0. The fraction of sp³-hybridized carbons (Fsp3) is 0.417. The summed E-state index contributed by atoms with van der Waals surface area (Å²) >= 11 is 0. The lowest BCUT2D eigenvalue weighted by Gasteiger charge is -2.09. The summed E-state index contributed by atoms with van der Waals surface area (Å²) in [6.45, 7) is 3.11. The van der Waals surface area contributed by atoms with Gasteiger partial charge in [0, 0.05) is 17.3 Å². The number of hydrogen-bond acceptors (Lipinski definition) is 3. The highest BCUT2D eigenvalue weighted by atomic mass is 19.4. The van der Waals surface area contributed by atoms with Gasteiger partial charge in [0.25, 0.3) is 0 Å². The van der Waals surface area contributed by atoms with E-state index in [2.05, 4.69) is 5.10 Å². The minimum atomic E-state index is -4.59. The van der Waals surface area contributed by atoms with E-state index in [1.165, 1.54) is 6.20 Å². The topological polar surface area (TPSA) is 46.8 Å². The molecule has 2 heterocycles. The molecule has 19 heavy (non-hydrogen) atoms. The van der Waals surface area contributed by atoms with Crippen LogP contribution in [0.25, 0.3) is 5.52 Å². The van der Waals surface area contributed by atoms with Crippen molar-refractivity contribution in [2.45, 2.75) is 26.6 Å². The number of fused-ring (bicyclic) bond motifs is 1. The Morgan fingerprint density at radius 1 is 1.42 bits per heavy atom. The molecular weight excluding hydrogens is 261 g/mol. The zero-order valence-corrected chi connectivity index (χ0v) is 10.5. The lowest BCUT2D eigenvalue weighted by molar-refractivity contribution is -0.142. The monoisotopic (exact) mass is 274 g/mol. The van der Waals surface area contributed by atoms with E-state index in [-0.39, 0.29) is 11.1 Å². The molecule has 0 aromatic carbocycles. The number of aromatic nitrogens is 2. The fourth-order valence-electron chi connectivity index (χ4n) is 2.04. The fourth-order valence-corrected chi connectivity index (χ4v) is 2.04. The summed E-state index contributed by atoms with van der Waals surface area (Å²) in [6.07, 6.45) is -3.20. The molecule has 0 fully saturated rings.